The molecule has 1 unspecified atom stereocenters. The maximum atomic E-state index is 6.21. The number of ether oxygens (including phenoxy) is 1. The summed E-state index contributed by atoms with van der Waals surface area (Å²) < 4.78 is 6.54. The molecule has 1 saturated heterocycles. The van der Waals surface area contributed by atoms with Gasteiger partial charge in [-0.3, -0.25) is 4.90 Å². The van der Waals surface area contributed by atoms with Gasteiger partial charge in [0.1, 0.15) is 0 Å². The number of nitrogens with zero attached hydrogens (tertiary/aromatic N) is 1. The van der Waals surface area contributed by atoms with Gasteiger partial charge < -0.3 is 10.5 Å². The highest BCUT2D eigenvalue weighted by Gasteiger charge is 2.19. The molecule has 0 saturated carbocycles. The van der Waals surface area contributed by atoms with Gasteiger partial charge in [-0.15, -0.1) is 12.4 Å². The highest BCUT2D eigenvalue weighted by Crippen LogP contribution is 2.23. The third kappa shape index (κ3) is 4.37. The van der Waals surface area contributed by atoms with Gasteiger partial charge in [0.05, 0.1) is 12.7 Å². The van der Waals surface area contributed by atoms with E-state index in [0.717, 1.165) is 41.3 Å². The lowest BCUT2D eigenvalue weighted by molar-refractivity contribution is -0.0260. The van der Waals surface area contributed by atoms with Gasteiger partial charge in [-0.2, -0.15) is 0 Å². The monoisotopic (exact) mass is 354 g/mol. The summed E-state index contributed by atoms with van der Waals surface area (Å²) in [5.74, 6) is 0. The predicted molar refractivity (Wildman–Crippen MR) is 80.5 cm³/mol. The van der Waals surface area contributed by atoms with Gasteiger partial charge in [-0.1, -0.05) is 33.6 Å². The lowest BCUT2D eigenvalue weighted by atomic mass is 10.2. The van der Waals surface area contributed by atoms with E-state index < -0.39 is 0 Å². The van der Waals surface area contributed by atoms with Gasteiger partial charge in [0.25, 0.3) is 0 Å². The average Bonchev–Trinajstić information content (AvgIpc) is 2.33. The Morgan fingerprint density at radius 3 is 2.94 bits per heavy atom. The van der Waals surface area contributed by atoms with Gasteiger partial charge in [0, 0.05) is 35.7 Å². The second-order valence-corrected chi connectivity index (χ2v) is 5.52. The molecule has 1 fully saturated rings. The van der Waals surface area contributed by atoms with E-state index in [0.29, 0.717) is 6.54 Å². The highest BCUT2D eigenvalue weighted by molar-refractivity contribution is 9.10. The Kier molecular flexibility index (Phi) is 6.92. The molecular weight excluding hydrogens is 339 g/mol. The van der Waals surface area contributed by atoms with Crippen LogP contribution in [0, 0.1) is 0 Å². The van der Waals surface area contributed by atoms with Crippen LogP contribution in [0.3, 0.4) is 0 Å². The van der Waals surface area contributed by atoms with Crippen molar-refractivity contribution in [1.29, 1.82) is 0 Å². The van der Waals surface area contributed by atoms with Gasteiger partial charge in [-0.05, 0) is 17.7 Å². The smallest absolute Gasteiger partial charge is 0.0824 e. The van der Waals surface area contributed by atoms with Crippen LogP contribution in [0.25, 0.3) is 0 Å². The van der Waals surface area contributed by atoms with Crippen molar-refractivity contribution in [2.45, 2.75) is 12.6 Å². The molecule has 1 heterocycles. The van der Waals surface area contributed by atoms with Crippen LogP contribution in [-0.4, -0.2) is 37.2 Å². The molecule has 2 rings (SSSR count). The zero-order valence-corrected chi connectivity index (χ0v) is 13.1. The van der Waals surface area contributed by atoms with E-state index in [2.05, 4.69) is 26.9 Å². The summed E-state index contributed by atoms with van der Waals surface area (Å²) in [6.07, 6.45) is 0.151. The Morgan fingerprint density at radius 1 is 1.50 bits per heavy atom. The topological polar surface area (TPSA) is 38.5 Å². The normalized spacial score (nSPS) is 20.5. The Balaban J connectivity index is 0.00000162. The molecule has 18 heavy (non-hydrogen) atoms. The first-order valence-corrected chi connectivity index (χ1v) is 6.84. The second-order valence-electron chi connectivity index (χ2n) is 4.20. The van der Waals surface area contributed by atoms with E-state index in [4.69, 9.17) is 22.1 Å². The van der Waals surface area contributed by atoms with E-state index in [-0.39, 0.29) is 18.5 Å². The van der Waals surface area contributed by atoms with E-state index in [1.807, 2.05) is 12.1 Å². The maximum absolute atomic E-state index is 6.21. The molecule has 6 heteroatoms. The average molecular weight is 356 g/mol. The fourth-order valence-electron chi connectivity index (χ4n) is 1.96. The van der Waals surface area contributed by atoms with E-state index in [9.17, 15) is 0 Å². The van der Waals surface area contributed by atoms with Crippen LogP contribution in [0.4, 0.5) is 0 Å². The number of halogens is 3. The molecule has 2 N–H and O–H groups in total. The fourth-order valence-corrected chi connectivity index (χ4v) is 2.69. The summed E-state index contributed by atoms with van der Waals surface area (Å²) in [5.41, 5.74) is 6.77. The molecule has 0 radical (unpaired) electrons. The summed E-state index contributed by atoms with van der Waals surface area (Å²) in [7, 11) is 0. The summed E-state index contributed by atoms with van der Waals surface area (Å²) in [6, 6.07) is 6.00. The molecule has 1 aromatic rings. The molecule has 102 valence electrons. The molecule has 0 aliphatic carbocycles. The van der Waals surface area contributed by atoms with Crippen molar-refractivity contribution >= 4 is 39.9 Å². The number of rotatable bonds is 3. The summed E-state index contributed by atoms with van der Waals surface area (Å²) in [5, 5.41) is 0.801. The van der Waals surface area contributed by atoms with Crippen molar-refractivity contribution in [2.24, 2.45) is 5.73 Å². The number of hydrogen-bond acceptors (Lipinski definition) is 3. The van der Waals surface area contributed by atoms with E-state index >= 15 is 0 Å². The summed E-state index contributed by atoms with van der Waals surface area (Å²) in [6.45, 7) is 3.98. The molecule has 1 aliphatic rings. The minimum Gasteiger partial charge on any atom is -0.374 e. The fraction of sp³-hybridized carbons (Fsp3) is 0.500. The van der Waals surface area contributed by atoms with Crippen molar-refractivity contribution in [1.82, 2.24) is 4.90 Å². The molecule has 3 nitrogen and oxygen atoms in total. The number of hydrogen-bond donors (Lipinski definition) is 1. The van der Waals surface area contributed by atoms with Crippen LogP contribution < -0.4 is 5.73 Å². The van der Waals surface area contributed by atoms with Crippen LogP contribution in [0.5, 0.6) is 0 Å². The van der Waals surface area contributed by atoms with Crippen molar-refractivity contribution in [3.05, 3.63) is 33.3 Å². The summed E-state index contributed by atoms with van der Waals surface area (Å²) >= 11 is 9.61. The Hall–Kier alpha value is 0.160. The molecule has 1 atom stereocenters. The third-order valence-electron chi connectivity index (χ3n) is 2.89. The molecule has 1 aromatic carbocycles. The number of nitrogens with two attached hydrogens (primary N) is 1. The van der Waals surface area contributed by atoms with E-state index in [1.54, 1.807) is 0 Å². The molecule has 0 aromatic heterocycles. The maximum Gasteiger partial charge on any atom is 0.0824 e. The second kappa shape index (κ2) is 7.68. The van der Waals surface area contributed by atoms with Gasteiger partial charge in [0.15, 0.2) is 0 Å². The van der Waals surface area contributed by atoms with Crippen molar-refractivity contribution in [2.75, 3.05) is 26.2 Å². The highest BCUT2D eigenvalue weighted by atomic mass is 79.9. The Bertz CT molecular complexity index is 392. The largest absolute Gasteiger partial charge is 0.374 e. The van der Waals surface area contributed by atoms with Crippen LogP contribution in [0.1, 0.15) is 5.56 Å². The van der Waals surface area contributed by atoms with Crippen molar-refractivity contribution in [3.63, 3.8) is 0 Å². The molecule has 0 amide bonds. The minimum absolute atomic E-state index is 0. The lowest BCUT2D eigenvalue weighted by Crippen LogP contribution is -2.45. The molecular formula is C12H17BrCl2N2O. The minimum atomic E-state index is 0. The lowest BCUT2D eigenvalue weighted by Gasteiger charge is -2.32. The number of morpholine rings is 1. The standard InChI is InChI=1S/C12H16BrClN2O.ClH/c13-10-2-1-9(12(14)5-10)7-16-3-4-17-11(6-15)8-16;/h1-2,5,11H,3-4,6-8,15H2;1H. The first-order chi connectivity index (χ1) is 8.19. The molecule has 0 spiro atoms. The van der Waals surface area contributed by atoms with Crippen molar-refractivity contribution < 1.29 is 4.74 Å². The zero-order valence-electron chi connectivity index (χ0n) is 9.94. The van der Waals surface area contributed by atoms with Crippen LogP contribution in [0.2, 0.25) is 5.02 Å². The first kappa shape index (κ1) is 16.2. The molecule has 0 bridgehead atoms. The van der Waals surface area contributed by atoms with Crippen molar-refractivity contribution in [3.8, 4) is 0 Å². The van der Waals surface area contributed by atoms with Crippen LogP contribution in [-0.2, 0) is 11.3 Å². The molecule has 1 aliphatic heterocycles. The SMILES string of the molecule is Cl.NCC1CN(Cc2ccc(Br)cc2Cl)CCO1. The predicted octanol–water partition coefficient (Wildman–Crippen LogP) is 2.68. The van der Waals surface area contributed by atoms with Gasteiger partial charge >= 0.3 is 0 Å². The Morgan fingerprint density at radius 2 is 2.28 bits per heavy atom. The number of benzene rings is 1. The van der Waals surface area contributed by atoms with Gasteiger partial charge in [-0.25, -0.2) is 0 Å². The third-order valence-corrected chi connectivity index (χ3v) is 3.74. The Labute approximate surface area is 127 Å². The first-order valence-electron chi connectivity index (χ1n) is 5.67. The summed E-state index contributed by atoms with van der Waals surface area (Å²) in [4.78, 5) is 2.33. The van der Waals surface area contributed by atoms with Crippen LogP contribution >= 0.6 is 39.9 Å². The zero-order chi connectivity index (χ0) is 12.3. The van der Waals surface area contributed by atoms with Gasteiger partial charge in [0.2, 0.25) is 0 Å². The van der Waals surface area contributed by atoms with Crippen LogP contribution in [0.15, 0.2) is 22.7 Å². The quantitative estimate of drug-likeness (QED) is 0.905. The van der Waals surface area contributed by atoms with E-state index in [1.165, 1.54) is 0 Å².